The number of halogens is 1. The lowest BCUT2D eigenvalue weighted by Gasteiger charge is -2.29. The number of rotatable bonds is 5. The van der Waals surface area contributed by atoms with Gasteiger partial charge >= 0.3 is 0 Å². The number of carbonyl (C=O) groups is 1. The summed E-state index contributed by atoms with van der Waals surface area (Å²) in [6.45, 7) is 1.67. The van der Waals surface area contributed by atoms with E-state index in [1.165, 1.54) is 18.8 Å². The molecule has 3 heterocycles. The van der Waals surface area contributed by atoms with E-state index in [0.29, 0.717) is 22.2 Å². The van der Waals surface area contributed by atoms with Crippen LogP contribution in [0.4, 0.5) is 17.1 Å². The van der Waals surface area contributed by atoms with Crippen molar-refractivity contribution in [3.63, 3.8) is 0 Å². The second-order valence-corrected chi connectivity index (χ2v) is 7.59. The Hall–Kier alpha value is -3.26. The number of hydrogen-bond acceptors (Lipinski definition) is 6. The molecule has 1 aromatic carbocycles. The molecular weight excluding hydrogens is 406 g/mol. The molecule has 0 saturated carbocycles. The summed E-state index contributed by atoms with van der Waals surface area (Å²) in [5.74, 6) is 0.0401. The van der Waals surface area contributed by atoms with E-state index in [-0.39, 0.29) is 12.2 Å². The molecule has 3 aromatic rings. The lowest BCUT2D eigenvalue weighted by molar-refractivity contribution is -0.117. The highest BCUT2D eigenvalue weighted by molar-refractivity contribution is 6.33. The fraction of sp³-hybridized carbons (Fsp3) is 0.286. The van der Waals surface area contributed by atoms with Crippen LogP contribution in [0.25, 0.3) is 11.5 Å². The molecule has 2 aromatic heterocycles. The predicted molar refractivity (Wildman–Crippen MR) is 117 cm³/mol. The third-order valence-corrected chi connectivity index (χ3v) is 5.30. The second-order valence-electron chi connectivity index (χ2n) is 7.19. The molecule has 156 valence electrons. The molecule has 0 aliphatic carbocycles. The number of hydrogen-bond donors (Lipinski definition) is 2. The van der Waals surface area contributed by atoms with Gasteiger partial charge in [-0.05, 0) is 55.7 Å². The van der Waals surface area contributed by atoms with Gasteiger partial charge in [-0.2, -0.15) is 5.10 Å². The van der Waals surface area contributed by atoms with Crippen molar-refractivity contribution < 1.29 is 9.21 Å². The van der Waals surface area contributed by atoms with Crippen LogP contribution in [-0.4, -0.2) is 28.8 Å². The van der Waals surface area contributed by atoms with Crippen molar-refractivity contribution in [2.45, 2.75) is 25.8 Å². The highest BCUT2D eigenvalue weighted by Gasteiger charge is 2.16. The van der Waals surface area contributed by atoms with Crippen molar-refractivity contribution in [1.82, 2.24) is 9.78 Å². The summed E-state index contributed by atoms with van der Waals surface area (Å²) in [5, 5.41) is 7.52. The van der Waals surface area contributed by atoms with Crippen molar-refractivity contribution in [2.24, 2.45) is 0 Å². The summed E-state index contributed by atoms with van der Waals surface area (Å²) < 4.78 is 6.31. The Kier molecular flexibility index (Phi) is 5.76. The topological polar surface area (TPSA) is 106 Å². The van der Waals surface area contributed by atoms with Crippen LogP contribution in [0.2, 0.25) is 5.02 Å². The maximum absolute atomic E-state index is 12.5. The van der Waals surface area contributed by atoms with Crippen molar-refractivity contribution >= 4 is 34.6 Å². The zero-order valence-corrected chi connectivity index (χ0v) is 17.1. The first-order chi connectivity index (χ1) is 14.5. The molecule has 0 unspecified atom stereocenters. The van der Waals surface area contributed by atoms with Gasteiger partial charge in [0.2, 0.25) is 5.91 Å². The van der Waals surface area contributed by atoms with Crippen molar-refractivity contribution in [2.75, 3.05) is 29.0 Å². The number of nitrogen functional groups attached to an aromatic ring is 1. The molecule has 0 bridgehead atoms. The van der Waals surface area contributed by atoms with E-state index in [2.05, 4.69) is 15.3 Å². The van der Waals surface area contributed by atoms with E-state index in [4.69, 9.17) is 21.8 Å². The molecule has 1 saturated heterocycles. The molecule has 9 heteroatoms. The molecule has 1 aliphatic heterocycles. The summed E-state index contributed by atoms with van der Waals surface area (Å²) in [7, 11) is 0. The Morgan fingerprint density at radius 2 is 2.00 bits per heavy atom. The molecule has 0 spiro atoms. The van der Waals surface area contributed by atoms with Crippen molar-refractivity contribution in [3.05, 3.63) is 58.0 Å². The van der Waals surface area contributed by atoms with Gasteiger partial charge in [-0.25, -0.2) is 4.68 Å². The lowest BCUT2D eigenvalue weighted by atomic mass is 10.1. The van der Waals surface area contributed by atoms with E-state index in [0.717, 1.165) is 36.3 Å². The fourth-order valence-corrected chi connectivity index (χ4v) is 3.83. The molecule has 4 rings (SSSR count). The Morgan fingerprint density at radius 1 is 1.20 bits per heavy atom. The number of anilines is 3. The molecule has 8 nitrogen and oxygen atoms in total. The summed E-state index contributed by atoms with van der Waals surface area (Å²) in [6.07, 6.45) is 5.03. The molecule has 30 heavy (non-hydrogen) atoms. The fourth-order valence-electron chi connectivity index (χ4n) is 3.53. The SMILES string of the molecule is Nc1cc(-c2ccco2)nn(CC(=O)Nc2ccc(N3CCCCC3)c(Cl)c2)c1=O. The van der Waals surface area contributed by atoms with Crippen LogP contribution in [0.1, 0.15) is 19.3 Å². The summed E-state index contributed by atoms with van der Waals surface area (Å²) in [6, 6.07) is 10.2. The van der Waals surface area contributed by atoms with E-state index >= 15 is 0 Å². The highest BCUT2D eigenvalue weighted by atomic mass is 35.5. The minimum Gasteiger partial charge on any atom is -0.463 e. The maximum Gasteiger partial charge on any atom is 0.290 e. The summed E-state index contributed by atoms with van der Waals surface area (Å²) in [5.41, 5.74) is 7.12. The number of nitrogens with one attached hydrogen (secondary N) is 1. The van der Waals surface area contributed by atoms with Crippen LogP contribution in [0.3, 0.4) is 0 Å². The van der Waals surface area contributed by atoms with E-state index in [1.807, 2.05) is 6.07 Å². The third kappa shape index (κ3) is 4.33. The van der Waals surface area contributed by atoms with Gasteiger partial charge in [0, 0.05) is 18.8 Å². The lowest BCUT2D eigenvalue weighted by Crippen LogP contribution is -2.31. The first kappa shape index (κ1) is 20.0. The number of piperidine rings is 1. The van der Waals surface area contributed by atoms with E-state index in [9.17, 15) is 9.59 Å². The normalized spacial score (nSPS) is 14.0. The minimum absolute atomic E-state index is 0.0156. The quantitative estimate of drug-likeness (QED) is 0.646. The Morgan fingerprint density at radius 3 is 2.70 bits per heavy atom. The van der Waals surface area contributed by atoms with Crippen molar-refractivity contribution in [1.29, 1.82) is 0 Å². The minimum atomic E-state index is -0.543. The summed E-state index contributed by atoms with van der Waals surface area (Å²) >= 11 is 6.44. The standard InChI is InChI=1S/C21H22ClN5O3/c22-15-11-14(6-7-18(15)26-8-2-1-3-9-26)24-20(28)13-27-21(29)16(23)12-17(25-27)19-5-4-10-30-19/h4-7,10-12H,1-3,8-9,13,23H2,(H,24,28). The van der Waals surface area contributed by atoms with Crippen LogP contribution in [0, 0.1) is 0 Å². The first-order valence-electron chi connectivity index (χ1n) is 9.77. The predicted octanol–water partition coefficient (Wildman–Crippen LogP) is 3.37. The maximum atomic E-state index is 12.5. The Bertz CT molecular complexity index is 1100. The van der Waals surface area contributed by atoms with Crippen LogP contribution in [0.15, 0.2) is 51.9 Å². The molecule has 0 radical (unpaired) electrons. The molecule has 3 N–H and O–H groups in total. The number of carbonyl (C=O) groups excluding carboxylic acids is 1. The van der Waals surface area contributed by atoms with Crippen LogP contribution in [0.5, 0.6) is 0 Å². The monoisotopic (exact) mass is 427 g/mol. The second kappa shape index (κ2) is 8.62. The van der Waals surface area contributed by atoms with Gasteiger partial charge in [-0.1, -0.05) is 11.6 Å². The van der Waals surface area contributed by atoms with Gasteiger partial charge < -0.3 is 20.4 Å². The van der Waals surface area contributed by atoms with Gasteiger partial charge in [0.25, 0.3) is 5.56 Å². The molecule has 0 atom stereocenters. The zero-order chi connectivity index (χ0) is 21.1. The third-order valence-electron chi connectivity index (χ3n) is 5.00. The van der Waals surface area contributed by atoms with Gasteiger partial charge in [0.05, 0.1) is 17.0 Å². The Balaban J connectivity index is 1.48. The van der Waals surface area contributed by atoms with Crippen LogP contribution >= 0.6 is 11.6 Å². The number of nitrogens with zero attached hydrogens (tertiary/aromatic N) is 3. The average Bonchev–Trinajstić information content (AvgIpc) is 3.27. The average molecular weight is 428 g/mol. The number of benzene rings is 1. The highest BCUT2D eigenvalue weighted by Crippen LogP contribution is 2.30. The molecule has 1 fully saturated rings. The van der Waals surface area contributed by atoms with Crippen LogP contribution in [-0.2, 0) is 11.3 Å². The smallest absolute Gasteiger partial charge is 0.290 e. The van der Waals surface area contributed by atoms with E-state index < -0.39 is 11.5 Å². The number of furan rings is 1. The largest absolute Gasteiger partial charge is 0.463 e. The zero-order valence-electron chi connectivity index (χ0n) is 16.3. The van der Waals surface area contributed by atoms with Crippen LogP contribution < -0.4 is 21.5 Å². The number of amides is 1. The van der Waals surface area contributed by atoms with Gasteiger partial charge in [-0.3, -0.25) is 9.59 Å². The molecule has 1 amide bonds. The molecule has 1 aliphatic rings. The summed E-state index contributed by atoms with van der Waals surface area (Å²) in [4.78, 5) is 27.1. The van der Waals surface area contributed by atoms with E-state index in [1.54, 1.807) is 24.3 Å². The molecular formula is C21H22ClN5O3. The van der Waals surface area contributed by atoms with Crippen molar-refractivity contribution in [3.8, 4) is 11.5 Å². The van der Waals surface area contributed by atoms with Gasteiger partial charge in [0.1, 0.15) is 17.9 Å². The number of aromatic nitrogens is 2. The number of nitrogens with two attached hydrogens (primary N) is 1. The van der Waals surface area contributed by atoms with Gasteiger partial charge in [-0.15, -0.1) is 0 Å². The Labute approximate surface area is 178 Å². The van der Waals surface area contributed by atoms with Gasteiger partial charge in [0.15, 0.2) is 5.76 Å². The first-order valence-corrected chi connectivity index (χ1v) is 10.1.